The van der Waals surface area contributed by atoms with Crippen molar-refractivity contribution in [1.82, 2.24) is 20.0 Å². The van der Waals surface area contributed by atoms with Crippen LogP contribution in [0, 0.1) is 13.8 Å². The van der Waals surface area contributed by atoms with Crippen LogP contribution in [0.15, 0.2) is 41.1 Å². The Labute approximate surface area is 182 Å². The number of nitrogens with one attached hydrogen (secondary N) is 1. The maximum Gasteiger partial charge on any atom is 0.259 e. The minimum Gasteiger partial charge on any atom is -0.361 e. The Morgan fingerprint density at radius 1 is 1.23 bits per heavy atom. The molecule has 7 nitrogen and oxygen atoms in total. The molecule has 0 saturated carbocycles. The summed E-state index contributed by atoms with van der Waals surface area (Å²) >= 11 is 0. The maximum atomic E-state index is 13.3. The second-order valence-electron chi connectivity index (χ2n) is 8.50. The van der Waals surface area contributed by atoms with E-state index in [-0.39, 0.29) is 17.7 Å². The Hall–Kier alpha value is -3.22. The van der Waals surface area contributed by atoms with Crippen molar-refractivity contribution in [2.24, 2.45) is 0 Å². The number of likely N-dealkylation sites (tertiary alicyclic amines) is 1. The highest BCUT2D eigenvalue weighted by atomic mass is 16.5. The van der Waals surface area contributed by atoms with Crippen molar-refractivity contribution in [3.05, 3.63) is 64.9 Å². The number of aryl methyl sites for hydroxylation is 2. The standard InChI is InChI=1S/C24H29N5O2/c1-15(2)23-22(17(4)31-28-23)24(30)29-12-6-8-18(14-29)20-11-10-19(13-25-20)27-21-9-5-7-16(3)26-21/h5,7,9-11,13,15,18H,6,8,12,14H2,1-4H3,(H,26,27). The van der Waals surface area contributed by atoms with Crippen LogP contribution in [0.5, 0.6) is 0 Å². The van der Waals surface area contributed by atoms with Crippen molar-refractivity contribution in [2.45, 2.75) is 52.4 Å². The molecule has 3 aromatic rings. The summed E-state index contributed by atoms with van der Waals surface area (Å²) in [5.74, 6) is 1.76. The summed E-state index contributed by atoms with van der Waals surface area (Å²) in [4.78, 5) is 24.3. The van der Waals surface area contributed by atoms with Crippen LogP contribution in [-0.4, -0.2) is 39.0 Å². The van der Waals surface area contributed by atoms with Crippen LogP contribution in [0.1, 0.15) is 71.7 Å². The molecule has 162 valence electrons. The molecule has 1 unspecified atom stereocenters. The fourth-order valence-electron chi connectivity index (χ4n) is 4.09. The molecule has 3 aromatic heterocycles. The van der Waals surface area contributed by atoms with Gasteiger partial charge in [-0.2, -0.15) is 0 Å². The number of pyridine rings is 2. The zero-order valence-electron chi connectivity index (χ0n) is 18.6. The van der Waals surface area contributed by atoms with E-state index in [1.54, 1.807) is 0 Å². The van der Waals surface area contributed by atoms with Gasteiger partial charge in [0.1, 0.15) is 17.1 Å². The average molecular weight is 420 g/mol. The zero-order chi connectivity index (χ0) is 22.0. The van der Waals surface area contributed by atoms with E-state index in [9.17, 15) is 4.79 Å². The first-order chi connectivity index (χ1) is 14.9. The Bertz CT molecular complexity index is 1060. The Morgan fingerprint density at radius 2 is 2.06 bits per heavy atom. The molecule has 1 aliphatic heterocycles. The number of nitrogens with zero attached hydrogens (tertiary/aromatic N) is 4. The van der Waals surface area contributed by atoms with Gasteiger partial charge in [0.15, 0.2) is 0 Å². The lowest BCUT2D eigenvalue weighted by Gasteiger charge is -2.32. The van der Waals surface area contributed by atoms with Gasteiger partial charge in [0.05, 0.1) is 17.6 Å². The van der Waals surface area contributed by atoms with Gasteiger partial charge in [-0.3, -0.25) is 9.78 Å². The van der Waals surface area contributed by atoms with E-state index in [1.165, 1.54) is 0 Å². The predicted octanol–water partition coefficient (Wildman–Crippen LogP) is 4.97. The first kappa shape index (κ1) is 21.0. The van der Waals surface area contributed by atoms with E-state index in [2.05, 4.69) is 20.4 Å². The van der Waals surface area contributed by atoms with Crippen molar-refractivity contribution >= 4 is 17.4 Å². The second-order valence-corrected chi connectivity index (χ2v) is 8.50. The molecule has 1 fully saturated rings. The van der Waals surface area contributed by atoms with Crippen molar-refractivity contribution < 1.29 is 9.32 Å². The molecule has 7 heteroatoms. The van der Waals surface area contributed by atoms with Gasteiger partial charge < -0.3 is 14.7 Å². The van der Waals surface area contributed by atoms with Crippen molar-refractivity contribution in [3.63, 3.8) is 0 Å². The topological polar surface area (TPSA) is 84.2 Å². The molecule has 4 heterocycles. The molecule has 4 rings (SSSR count). The van der Waals surface area contributed by atoms with Crippen LogP contribution in [0.3, 0.4) is 0 Å². The quantitative estimate of drug-likeness (QED) is 0.629. The summed E-state index contributed by atoms with van der Waals surface area (Å²) in [5.41, 5.74) is 4.22. The predicted molar refractivity (Wildman–Crippen MR) is 120 cm³/mol. The largest absolute Gasteiger partial charge is 0.361 e. The molecular formula is C24H29N5O2. The summed E-state index contributed by atoms with van der Waals surface area (Å²) in [5, 5.41) is 7.40. The lowest BCUT2D eigenvalue weighted by atomic mass is 9.93. The highest BCUT2D eigenvalue weighted by Gasteiger charge is 2.31. The fraction of sp³-hybridized carbons (Fsp3) is 0.417. The molecule has 1 amide bonds. The summed E-state index contributed by atoms with van der Waals surface area (Å²) < 4.78 is 5.33. The van der Waals surface area contributed by atoms with E-state index in [4.69, 9.17) is 4.52 Å². The maximum absolute atomic E-state index is 13.3. The first-order valence-corrected chi connectivity index (χ1v) is 10.8. The first-order valence-electron chi connectivity index (χ1n) is 10.8. The molecule has 0 spiro atoms. The third-order valence-corrected chi connectivity index (χ3v) is 5.72. The van der Waals surface area contributed by atoms with Gasteiger partial charge in [0.25, 0.3) is 5.91 Å². The van der Waals surface area contributed by atoms with Crippen LogP contribution < -0.4 is 5.32 Å². The molecule has 1 saturated heterocycles. The highest BCUT2D eigenvalue weighted by molar-refractivity contribution is 5.96. The molecule has 0 radical (unpaired) electrons. The van der Waals surface area contributed by atoms with Crippen molar-refractivity contribution in [1.29, 1.82) is 0 Å². The lowest BCUT2D eigenvalue weighted by molar-refractivity contribution is 0.0702. The summed E-state index contributed by atoms with van der Waals surface area (Å²) in [6, 6.07) is 9.94. The van der Waals surface area contributed by atoms with Crippen molar-refractivity contribution in [2.75, 3.05) is 18.4 Å². The number of piperidine rings is 1. The normalized spacial score (nSPS) is 16.5. The van der Waals surface area contributed by atoms with E-state index in [0.717, 1.165) is 48.0 Å². The van der Waals surface area contributed by atoms with Gasteiger partial charge in [-0.05, 0) is 56.9 Å². The molecule has 0 aromatic carbocycles. The van der Waals surface area contributed by atoms with Crippen LogP contribution in [-0.2, 0) is 0 Å². The molecule has 31 heavy (non-hydrogen) atoms. The number of carbonyl (C=O) groups excluding carboxylic acids is 1. The minimum absolute atomic E-state index is 0.0101. The van der Waals surface area contributed by atoms with Gasteiger partial charge in [-0.1, -0.05) is 25.1 Å². The van der Waals surface area contributed by atoms with Gasteiger partial charge in [0, 0.05) is 30.4 Å². The van der Waals surface area contributed by atoms with E-state index >= 15 is 0 Å². The summed E-state index contributed by atoms with van der Waals surface area (Å²) in [7, 11) is 0. The number of anilines is 2. The number of aromatic nitrogens is 3. The third kappa shape index (κ3) is 4.60. The average Bonchev–Trinajstić information content (AvgIpc) is 3.15. The van der Waals surface area contributed by atoms with E-state index in [0.29, 0.717) is 17.9 Å². The summed E-state index contributed by atoms with van der Waals surface area (Å²) in [6.07, 6.45) is 3.80. The van der Waals surface area contributed by atoms with Crippen LogP contribution >= 0.6 is 0 Å². The minimum atomic E-state index is 0.0101. The van der Waals surface area contributed by atoms with Gasteiger partial charge in [-0.15, -0.1) is 0 Å². The Balaban J connectivity index is 1.46. The third-order valence-electron chi connectivity index (χ3n) is 5.72. The van der Waals surface area contributed by atoms with Crippen LogP contribution in [0.4, 0.5) is 11.5 Å². The highest BCUT2D eigenvalue weighted by Crippen LogP contribution is 2.30. The van der Waals surface area contributed by atoms with Crippen LogP contribution in [0.25, 0.3) is 0 Å². The fourth-order valence-corrected chi connectivity index (χ4v) is 4.09. The van der Waals surface area contributed by atoms with Gasteiger partial charge in [0.2, 0.25) is 0 Å². The number of hydrogen-bond acceptors (Lipinski definition) is 6. The molecule has 1 atom stereocenters. The van der Waals surface area contributed by atoms with Gasteiger partial charge >= 0.3 is 0 Å². The Kier molecular flexibility index (Phi) is 6.02. The SMILES string of the molecule is Cc1cccc(Nc2ccc(C3CCCN(C(=O)c4c(C(C)C)noc4C)C3)nc2)n1. The van der Waals surface area contributed by atoms with E-state index < -0.39 is 0 Å². The molecule has 0 aliphatic carbocycles. The van der Waals surface area contributed by atoms with Crippen molar-refractivity contribution in [3.8, 4) is 0 Å². The Morgan fingerprint density at radius 3 is 2.77 bits per heavy atom. The molecule has 1 N–H and O–H groups in total. The lowest BCUT2D eigenvalue weighted by Crippen LogP contribution is -2.39. The molecule has 0 bridgehead atoms. The number of amides is 1. The monoisotopic (exact) mass is 419 g/mol. The zero-order valence-corrected chi connectivity index (χ0v) is 18.6. The second kappa shape index (κ2) is 8.88. The van der Waals surface area contributed by atoms with E-state index in [1.807, 2.05) is 69.1 Å². The number of rotatable bonds is 5. The number of hydrogen-bond donors (Lipinski definition) is 1. The van der Waals surface area contributed by atoms with Gasteiger partial charge in [-0.25, -0.2) is 4.98 Å². The molecule has 1 aliphatic rings. The summed E-state index contributed by atoms with van der Waals surface area (Å²) in [6.45, 7) is 9.23. The molecular weight excluding hydrogens is 390 g/mol. The number of carbonyl (C=O) groups is 1. The van der Waals surface area contributed by atoms with Crippen LogP contribution in [0.2, 0.25) is 0 Å². The smallest absolute Gasteiger partial charge is 0.259 e.